The van der Waals surface area contributed by atoms with E-state index >= 15 is 0 Å². The molecule has 0 spiro atoms. The minimum atomic E-state index is 0.790. The van der Waals surface area contributed by atoms with Crippen LogP contribution in [0.4, 0.5) is 0 Å². The number of hydrogen-bond donors (Lipinski definition) is 1. The van der Waals surface area contributed by atoms with Crippen molar-refractivity contribution in [3.63, 3.8) is 0 Å². The van der Waals surface area contributed by atoms with Crippen LogP contribution >= 0.6 is 11.5 Å². The molecule has 0 unspecified atom stereocenters. The summed E-state index contributed by atoms with van der Waals surface area (Å²) < 4.78 is 11.4. The van der Waals surface area contributed by atoms with Crippen molar-refractivity contribution in [3.05, 3.63) is 24.3 Å². The van der Waals surface area contributed by atoms with E-state index in [2.05, 4.69) is 21.8 Å². The van der Waals surface area contributed by atoms with Crippen molar-refractivity contribution in [2.24, 2.45) is 5.92 Å². The van der Waals surface area contributed by atoms with Crippen LogP contribution in [0.3, 0.4) is 0 Å². The molecule has 1 aliphatic rings. The minimum absolute atomic E-state index is 0.790. The molecule has 2 aromatic rings. The molecule has 0 saturated carbocycles. The summed E-state index contributed by atoms with van der Waals surface area (Å²) in [5, 5.41) is 4.54. The Balaban J connectivity index is 1.56. The zero-order chi connectivity index (χ0) is 12.2. The van der Waals surface area contributed by atoms with Gasteiger partial charge >= 0.3 is 0 Å². The molecule has 1 N–H and O–H groups in total. The van der Waals surface area contributed by atoms with E-state index in [1.807, 2.05) is 12.1 Å². The number of nitrogens with zero attached hydrogens (tertiary/aromatic N) is 1. The Hall–Kier alpha value is -1.13. The minimum Gasteiger partial charge on any atom is -0.477 e. The highest BCUT2D eigenvalue weighted by Crippen LogP contribution is 2.28. The first-order valence-electron chi connectivity index (χ1n) is 6.61. The summed E-state index contributed by atoms with van der Waals surface area (Å²) in [5.41, 5.74) is 0. The number of aromatic nitrogens is 1. The molecule has 18 heavy (non-hydrogen) atoms. The van der Waals surface area contributed by atoms with Crippen LogP contribution in [0.15, 0.2) is 24.3 Å². The third-order valence-corrected chi connectivity index (χ3v) is 4.38. The Morgan fingerprint density at radius 2 is 2.11 bits per heavy atom. The zero-order valence-electron chi connectivity index (χ0n) is 10.4. The largest absolute Gasteiger partial charge is 0.477 e. The van der Waals surface area contributed by atoms with Crippen LogP contribution in [-0.4, -0.2) is 24.1 Å². The lowest BCUT2D eigenvalue weighted by Crippen LogP contribution is -2.28. The second-order valence-corrected chi connectivity index (χ2v) is 5.62. The molecule has 1 saturated heterocycles. The molecule has 0 amide bonds. The summed E-state index contributed by atoms with van der Waals surface area (Å²) >= 11 is 1.51. The monoisotopic (exact) mass is 262 g/mol. The van der Waals surface area contributed by atoms with E-state index < -0.39 is 0 Å². The topological polar surface area (TPSA) is 34.1 Å². The van der Waals surface area contributed by atoms with E-state index in [0.29, 0.717) is 0 Å². The Bertz CT molecular complexity index is 505. The third-order valence-electron chi connectivity index (χ3n) is 3.57. The Kier molecular flexibility index (Phi) is 3.76. The van der Waals surface area contributed by atoms with Gasteiger partial charge in [-0.2, -0.15) is 4.37 Å². The molecule has 96 valence electrons. The normalized spacial score (nSPS) is 17.1. The van der Waals surface area contributed by atoms with E-state index in [9.17, 15) is 0 Å². The van der Waals surface area contributed by atoms with E-state index in [1.54, 1.807) is 0 Å². The van der Waals surface area contributed by atoms with Crippen LogP contribution in [-0.2, 0) is 0 Å². The van der Waals surface area contributed by atoms with Crippen LogP contribution in [0.2, 0.25) is 0 Å². The molecule has 0 aliphatic carbocycles. The van der Waals surface area contributed by atoms with Crippen LogP contribution in [0, 0.1) is 5.92 Å². The van der Waals surface area contributed by atoms with Crippen molar-refractivity contribution >= 4 is 21.6 Å². The lowest BCUT2D eigenvalue weighted by atomic mass is 9.95. The van der Waals surface area contributed by atoms with Gasteiger partial charge in [0.1, 0.15) is 0 Å². The number of piperidine rings is 1. The van der Waals surface area contributed by atoms with Gasteiger partial charge in [0.25, 0.3) is 0 Å². The number of ether oxygens (including phenoxy) is 1. The summed E-state index contributed by atoms with van der Waals surface area (Å²) in [6.45, 7) is 3.10. The third kappa shape index (κ3) is 2.65. The van der Waals surface area contributed by atoms with Gasteiger partial charge in [0.2, 0.25) is 5.88 Å². The Morgan fingerprint density at radius 1 is 1.28 bits per heavy atom. The summed E-state index contributed by atoms with van der Waals surface area (Å²) in [7, 11) is 0. The van der Waals surface area contributed by atoms with E-state index in [-0.39, 0.29) is 0 Å². The van der Waals surface area contributed by atoms with Gasteiger partial charge in [0, 0.05) is 0 Å². The first-order valence-corrected chi connectivity index (χ1v) is 7.39. The predicted molar refractivity (Wildman–Crippen MR) is 75.3 cm³/mol. The number of hydrogen-bond acceptors (Lipinski definition) is 4. The highest BCUT2D eigenvalue weighted by atomic mass is 32.1. The second-order valence-electron chi connectivity index (χ2n) is 4.81. The number of nitrogens with one attached hydrogen (secondary N) is 1. The van der Waals surface area contributed by atoms with Gasteiger partial charge in [-0.3, -0.25) is 0 Å². The highest BCUT2D eigenvalue weighted by molar-refractivity contribution is 7.13. The summed E-state index contributed by atoms with van der Waals surface area (Å²) in [6.07, 6.45) is 3.70. The van der Waals surface area contributed by atoms with Crippen molar-refractivity contribution in [1.29, 1.82) is 0 Å². The molecule has 1 aliphatic heterocycles. The smallest absolute Gasteiger partial charge is 0.233 e. The molecule has 4 heteroatoms. The van der Waals surface area contributed by atoms with Gasteiger partial charge in [0.05, 0.1) is 16.7 Å². The average molecular weight is 262 g/mol. The number of fused-ring (bicyclic) bond motifs is 1. The first kappa shape index (κ1) is 11.9. The summed E-state index contributed by atoms with van der Waals surface area (Å²) in [5.74, 6) is 1.63. The lowest BCUT2D eigenvalue weighted by molar-refractivity contribution is 0.249. The molecular weight excluding hydrogens is 244 g/mol. The van der Waals surface area contributed by atoms with Crippen molar-refractivity contribution in [3.8, 4) is 5.88 Å². The fourth-order valence-electron chi connectivity index (χ4n) is 2.46. The lowest BCUT2D eigenvalue weighted by Gasteiger charge is -2.22. The maximum absolute atomic E-state index is 5.84. The molecule has 0 atom stereocenters. The molecule has 0 bridgehead atoms. The Morgan fingerprint density at radius 3 is 3.00 bits per heavy atom. The van der Waals surface area contributed by atoms with Crippen LogP contribution in [0.5, 0.6) is 5.88 Å². The van der Waals surface area contributed by atoms with E-state index in [4.69, 9.17) is 4.74 Å². The van der Waals surface area contributed by atoms with Crippen LogP contribution in [0.1, 0.15) is 19.3 Å². The van der Waals surface area contributed by atoms with Crippen LogP contribution < -0.4 is 10.1 Å². The fraction of sp³-hybridized carbons (Fsp3) is 0.500. The quantitative estimate of drug-likeness (QED) is 0.919. The maximum Gasteiger partial charge on any atom is 0.233 e. The van der Waals surface area contributed by atoms with Crippen LogP contribution in [0.25, 0.3) is 10.1 Å². The SMILES string of the molecule is c1ccc2c(OCCC3CCNCC3)nsc2c1. The molecule has 1 fully saturated rings. The Labute approximate surface area is 111 Å². The second kappa shape index (κ2) is 5.67. The number of rotatable bonds is 4. The molecule has 3 nitrogen and oxygen atoms in total. The van der Waals surface area contributed by atoms with E-state index in [0.717, 1.165) is 43.3 Å². The van der Waals surface area contributed by atoms with Gasteiger partial charge in [-0.1, -0.05) is 12.1 Å². The predicted octanol–water partition coefficient (Wildman–Crippen LogP) is 3.06. The summed E-state index contributed by atoms with van der Waals surface area (Å²) in [6, 6.07) is 8.25. The van der Waals surface area contributed by atoms with Crippen molar-refractivity contribution in [2.45, 2.75) is 19.3 Å². The molecule has 1 aromatic carbocycles. The van der Waals surface area contributed by atoms with Gasteiger partial charge in [0.15, 0.2) is 0 Å². The fourth-order valence-corrected chi connectivity index (χ4v) is 3.18. The molecule has 0 radical (unpaired) electrons. The first-order chi connectivity index (χ1) is 8.93. The van der Waals surface area contributed by atoms with Crippen molar-refractivity contribution in [2.75, 3.05) is 19.7 Å². The highest BCUT2D eigenvalue weighted by Gasteiger charge is 2.13. The van der Waals surface area contributed by atoms with E-state index in [1.165, 1.54) is 29.1 Å². The molecular formula is C14H18N2OS. The van der Waals surface area contributed by atoms with Gasteiger partial charge in [-0.25, -0.2) is 0 Å². The van der Waals surface area contributed by atoms with Crippen molar-refractivity contribution in [1.82, 2.24) is 9.69 Å². The average Bonchev–Trinajstić information content (AvgIpc) is 2.84. The van der Waals surface area contributed by atoms with Gasteiger partial charge in [-0.05, 0) is 61.9 Å². The molecule has 2 heterocycles. The standard InChI is InChI=1S/C14H18N2OS/c1-2-4-13-12(3-1)14(16-18-13)17-10-7-11-5-8-15-9-6-11/h1-4,11,15H,5-10H2. The van der Waals surface area contributed by atoms with Gasteiger partial charge in [-0.15, -0.1) is 0 Å². The van der Waals surface area contributed by atoms with Gasteiger partial charge < -0.3 is 10.1 Å². The zero-order valence-corrected chi connectivity index (χ0v) is 11.2. The summed E-state index contributed by atoms with van der Waals surface area (Å²) in [4.78, 5) is 0. The maximum atomic E-state index is 5.84. The number of benzene rings is 1. The molecule has 1 aromatic heterocycles. The van der Waals surface area contributed by atoms with Crippen molar-refractivity contribution < 1.29 is 4.74 Å². The molecule has 3 rings (SSSR count).